The van der Waals surface area contributed by atoms with Crippen LogP contribution in [0.1, 0.15) is 20.6 Å². The molecule has 0 amide bonds. The highest BCUT2D eigenvalue weighted by Crippen LogP contribution is 2.01. The van der Waals surface area contributed by atoms with Crippen LogP contribution in [0.2, 0.25) is 0 Å². The van der Waals surface area contributed by atoms with Gasteiger partial charge >= 0.3 is 0 Å². The second-order valence-electron chi connectivity index (χ2n) is 1.63. The summed E-state index contributed by atoms with van der Waals surface area (Å²) < 4.78 is 7.29. The van der Waals surface area contributed by atoms with E-state index in [0.29, 0.717) is 0 Å². The van der Waals surface area contributed by atoms with Gasteiger partial charge in [-0.15, -0.1) is 0 Å². The first kappa shape index (κ1) is 3.48. The first-order chi connectivity index (χ1) is 3.89. The van der Waals surface area contributed by atoms with Crippen LogP contribution in [0.4, 0.5) is 0 Å². The second-order valence-corrected chi connectivity index (χ2v) is 1.63. The molecular weight excluding hydrogens is 84.1 g/mol. The fraction of sp³-hybridized carbons (Fsp3) is 0.429. The van der Waals surface area contributed by atoms with Crippen molar-refractivity contribution in [3.05, 3.63) is 24.3 Å². The summed E-state index contributed by atoms with van der Waals surface area (Å²) in [4.78, 5) is 0. The van der Waals surface area contributed by atoms with Gasteiger partial charge in [-0.3, -0.25) is 0 Å². The average molecular weight is 95.2 g/mol. The van der Waals surface area contributed by atoms with E-state index in [4.69, 9.17) is 1.37 Å². The molecule has 0 heterocycles. The normalized spacial score (nSPS) is 32.0. The first-order valence-corrected chi connectivity index (χ1v) is 2.65. The Labute approximate surface area is 45.9 Å². The van der Waals surface area contributed by atoms with Gasteiger partial charge in [0.15, 0.2) is 0 Å². The van der Waals surface area contributed by atoms with E-state index in [1.54, 1.807) is 0 Å². The van der Waals surface area contributed by atoms with Crippen molar-refractivity contribution in [1.82, 2.24) is 0 Å². The highest BCUT2D eigenvalue weighted by atomic mass is 13.9. The van der Waals surface area contributed by atoms with Gasteiger partial charge in [-0.2, -0.15) is 0 Å². The van der Waals surface area contributed by atoms with Crippen LogP contribution >= 0.6 is 0 Å². The molecule has 0 spiro atoms. The Kier molecular flexibility index (Phi) is 1.30. The third kappa shape index (κ3) is 1.58. The zero-order valence-electron chi connectivity index (χ0n) is 5.30. The van der Waals surface area contributed by atoms with E-state index in [-0.39, 0.29) is 6.40 Å². The maximum Gasteiger partial charge on any atom is 0.0310 e. The minimum Gasteiger partial charge on any atom is -0.0845 e. The molecule has 38 valence electrons. The lowest BCUT2D eigenvalue weighted by atomic mass is 10.2. The van der Waals surface area contributed by atoms with E-state index in [1.807, 2.05) is 18.2 Å². The maximum absolute atomic E-state index is 7.29. The van der Waals surface area contributed by atoms with Gasteiger partial charge < -0.3 is 0 Å². The lowest BCUT2D eigenvalue weighted by Gasteiger charge is -1.81. The van der Waals surface area contributed by atoms with Crippen molar-refractivity contribution < 1.29 is 1.37 Å². The molecule has 0 N–H and O–H groups in total. The van der Waals surface area contributed by atoms with Gasteiger partial charge in [-0.1, -0.05) is 24.3 Å². The molecule has 0 bridgehead atoms. The molecule has 0 aromatic carbocycles. The molecule has 0 heteroatoms. The molecule has 1 atom stereocenters. The summed E-state index contributed by atoms with van der Waals surface area (Å²) >= 11 is 0. The summed E-state index contributed by atoms with van der Waals surface area (Å²) in [7, 11) is 0. The highest BCUT2D eigenvalue weighted by Gasteiger charge is 1.81. The van der Waals surface area contributed by atoms with E-state index < -0.39 is 0 Å². The molecule has 1 aliphatic rings. The standard InChI is InChI=1S/C7H10/c1-2-4-6-7-5-3-1/h1-4H,5-7H2/i5D. The average Bonchev–Trinajstić information content (AvgIpc) is 1.94. The molecule has 0 aromatic rings. The molecular formula is C7H10. The van der Waals surface area contributed by atoms with E-state index >= 15 is 0 Å². The van der Waals surface area contributed by atoms with Crippen LogP contribution in [0.3, 0.4) is 0 Å². The third-order valence-electron chi connectivity index (χ3n) is 0.994. The monoisotopic (exact) mass is 95.1 g/mol. The summed E-state index contributed by atoms with van der Waals surface area (Å²) in [6.45, 7) is 0. The Morgan fingerprint density at radius 1 is 1.29 bits per heavy atom. The largest absolute Gasteiger partial charge is 0.0845 e. The Morgan fingerprint density at radius 3 is 3.14 bits per heavy atom. The van der Waals surface area contributed by atoms with Gasteiger partial charge in [-0.05, 0) is 19.2 Å². The topological polar surface area (TPSA) is 0 Å². The predicted molar refractivity (Wildman–Crippen MR) is 32.1 cm³/mol. The van der Waals surface area contributed by atoms with Crippen molar-refractivity contribution in [2.45, 2.75) is 19.2 Å². The van der Waals surface area contributed by atoms with E-state index in [2.05, 4.69) is 6.08 Å². The van der Waals surface area contributed by atoms with Gasteiger partial charge in [0.2, 0.25) is 0 Å². The molecule has 7 heavy (non-hydrogen) atoms. The third-order valence-corrected chi connectivity index (χ3v) is 0.994. The summed E-state index contributed by atoms with van der Waals surface area (Å²) in [5, 5.41) is 0. The van der Waals surface area contributed by atoms with Crippen LogP contribution in [-0.2, 0) is 0 Å². The number of hydrogen-bond acceptors (Lipinski definition) is 0. The Hall–Kier alpha value is -0.520. The molecule has 1 aliphatic carbocycles. The van der Waals surface area contributed by atoms with Gasteiger partial charge in [-0.25, -0.2) is 0 Å². The van der Waals surface area contributed by atoms with Crippen LogP contribution in [-0.4, -0.2) is 0 Å². The number of allylic oxidation sites excluding steroid dienone is 4. The van der Waals surface area contributed by atoms with Crippen molar-refractivity contribution in [3.8, 4) is 0 Å². The number of hydrogen-bond donors (Lipinski definition) is 0. The predicted octanol–water partition coefficient (Wildman–Crippen LogP) is 2.28. The van der Waals surface area contributed by atoms with Crippen molar-refractivity contribution in [2.75, 3.05) is 0 Å². The molecule has 0 aromatic heterocycles. The molecule has 0 saturated carbocycles. The molecule has 0 radical (unpaired) electrons. The summed E-state index contributed by atoms with van der Waals surface area (Å²) in [6.07, 6.45) is 10.0. The van der Waals surface area contributed by atoms with Crippen molar-refractivity contribution in [3.63, 3.8) is 0 Å². The highest BCUT2D eigenvalue weighted by molar-refractivity contribution is 5.04. The van der Waals surface area contributed by atoms with E-state index in [0.717, 1.165) is 12.8 Å². The Balaban J connectivity index is 2.46. The quantitative estimate of drug-likeness (QED) is 0.433. The lowest BCUT2D eigenvalue weighted by molar-refractivity contribution is 0.876. The SMILES string of the molecule is [2H]C1C=CC=CCC1. The summed E-state index contributed by atoms with van der Waals surface area (Å²) in [5.41, 5.74) is 0. The minimum atomic E-state index is 0.0324. The zero-order chi connectivity index (χ0) is 5.82. The fourth-order valence-corrected chi connectivity index (χ4v) is 0.606. The first-order valence-electron chi connectivity index (χ1n) is 3.23. The Morgan fingerprint density at radius 2 is 2.14 bits per heavy atom. The van der Waals surface area contributed by atoms with Crippen LogP contribution < -0.4 is 0 Å². The lowest BCUT2D eigenvalue weighted by Crippen LogP contribution is -1.62. The van der Waals surface area contributed by atoms with Crippen LogP contribution in [0.15, 0.2) is 24.3 Å². The number of rotatable bonds is 0. The summed E-state index contributed by atoms with van der Waals surface area (Å²) in [5.74, 6) is 0. The molecule has 0 saturated heterocycles. The van der Waals surface area contributed by atoms with Gasteiger partial charge in [0.25, 0.3) is 0 Å². The van der Waals surface area contributed by atoms with Crippen LogP contribution in [0, 0.1) is 0 Å². The van der Waals surface area contributed by atoms with Gasteiger partial charge in [0, 0.05) is 1.37 Å². The van der Waals surface area contributed by atoms with Gasteiger partial charge in [0.05, 0.1) is 0 Å². The molecule has 0 nitrogen and oxygen atoms in total. The summed E-state index contributed by atoms with van der Waals surface area (Å²) in [6, 6.07) is 0. The maximum atomic E-state index is 7.29. The smallest absolute Gasteiger partial charge is 0.0310 e. The van der Waals surface area contributed by atoms with E-state index in [1.165, 1.54) is 0 Å². The molecule has 1 rings (SSSR count). The van der Waals surface area contributed by atoms with E-state index in [9.17, 15) is 0 Å². The minimum absolute atomic E-state index is 0.0324. The molecule has 1 unspecified atom stereocenters. The molecule has 0 fully saturated rings. The van der Waals surface area contributed by atoms with Crippen molar-refractivity contribution in [1.29, 1.82) is 0 Å². The molecule has 0 aliphatic heterocycles. The van der Waals surface area contributed by atoms with Crippen molar-refractivity contribution >= 4 is 0 Å². The van der Waals surface area contributed by atoms with Crippen LogP contribution in [0.25, 0.3) is 0 Å². The zero-order valence-corrected chi connectivity index (χ0v) is 4.30. The fourth-order valence-electron chi connectivity index (χ4n) is 0.606. The van der Waals surface area contributed by atoms with Gasteiger partial charge in [0.1, 0.15) is 0 Å². The van der Waals surface area contributed by atoms with Crippen LogP contribution in [0.5, 0.6) is 0 Å². The second kappa shape index (κ2) is 2.62. The van der Waals surface area contributed by atoms with Crippen molar-refractivity contribution in [2.24, 2.45) is 0 Å². The Bertz CT molecular complexity index is 114.